The maximum absolute atomic E-state index is 14.0. The molecule has 6 aromatic rings. The first-order valence-electron chi connectivity index (χ1n) is 26.1. The van der Waals surface area contributed by atoms with Crippen LogP contribution in [0.4, 0.5) is 0 Å². The average Bonchev–Trinajstić information content (AvgIpc) is 4.26. The van der Waals surface area contributed by atoms with Crippen LogP contribution in [0.5, 0.6) is 23.0 Å². The molecule has 2 amide bonds. The van der Waals surface area contributed by atoms with Crippen LogP contribution >= 0.6 is 0 Å². The molecule has 0 bridgehead atoms. The van der Waals surface area contributed by atoms with E-state index < -0.39 is 66.0 Å². The molecule has 80 heavy (non-hydrogen) atoms. The van der Waals surface area contributed by atoms with Crippen LogP contribution in [0.15, 0.2) is 61.2 Å². The van der Waals surface area contributed by atoms with Crippen LogP contribution in [0.1, 0.15) is 138 Å². The number of para-hydroxylation sites is 2. The maximum Gasteiger partial charge on any atom is 0.223 e. The van der Waals surface area contributed by atoms with Gasteiger partial charge in [0.2, 0.25) is 11.8 Å². The van der Waals surface area contributed by atoms with Crippen LogP contribution in [0, 0.1) is 13.8 Å². The third-order valence-electron chi connectivity index (χ3n) is 13.9. The van der Waals surface area contributed by atoms with E-state index in [1.165, 1.54) is 28.4 Å². The minimum Gasteiger partial charge on any atom is -0.494 e. The van der Waals surface area contributed by atoms with Gasteiger partial charge in [-0.25, -0.2) is 36.8 Å². The van der Waals surface area contributed by atoms with Crippen molar-refractivity contribution in [3.63, 3.8) is 0 Å². The molecule has 0 N–H and O–H groups in total. The number of rotatable bonds is 22. The number of aromatic nitrogens is 10. The average molecular weight is 1150 g/mol. The second kappa shape index (κ2) is 25.5. The van der Waals surface area contributed by atoms with E-state index in [9.17, 15) is 26.4 Å². The minimum atomic E-state index is -3.91. The van der Waals surface area contributed by atoms with Crippen molar-refractivity contribution in [3.05, 3.63) is 107 Å². The molecule has 6 heterocycles. The summed E-state index contributed by atoms with van der Waals surface area (Å²) in [5.74, 6) is 2.51. The summed E-state index contributed by atoms with van der Waals surface area (Å²) in [5.41, 5.74) is 2.61. The van der Waals surface area contributed by atoms with Crippen LogP contribution in [0.25, 0.3) is 11.4 Å². The molecule has 24 nitrogen and oxygen atoms in total. The molecule has 2 fully saturated rings. The van der Waals surface area contributed by atoms with Crippen molar-refractivity contribution in [3.8, 4) is 34.4 Å². The fourth-order valence-electron chi connectivity index (χ4n) is 9.53. The number of carbonyl (C=O) groups excluding carboxylic acids is 2. The van der Waals surface area contributed by atoms with E-state index >= 15 is 0 Å². The van der Waals surface area contributed by atoms with E-state index in [-0.39, 0.29) is 47.3 Å². The van der Waals surface area contributed by atoms with Gasteiger partial charge < -0.3 is 38.2 Å². The molecular weight excluding hydrogens is 1070 g/mol. The van der Waals surface area contributed by atoms with Crippen molar-refractivity contribution in [2.75, 3.05) is 42.5 Å². The highest BCUT2D eigenvalue weighted by atomic mass is 32.2. The molecular formula is C54H72N12O12S2. The molecule has 0 saturated carbocycles. The zero-order valence-electron chi connectivity index (χ0n) is 47.7. The Bertz CT molecular complexity index is 3090. The SMILES string of the molecule is COc1cccc(OC)c1-n1c(CS(=O)(=O)[C@@H](C)[C@@H](OC(C)C)c2ncc(C)cn2)nnc1C1CCC(=O)N1C.COc1cccc(OC)c1-n1c(CS(=O)(=O)[C@@H](C)[C@@H](OC(C)C)c2ncc(C)cn2)nnc1[C@@H]1CCC(=O)N1C. The van der Waals surface area contributed by atoms with Gasteiger partial charge >= 0.3 is 0 Å². The van der Waals surface area contributed by atoms with E-state index in [0.29, 0.717) is 71.7 Å². The van der Waals surface area contributed by atoms with Crippen molar-refractivity contribution >= 4 is 31.5 Å². The molecule has 0 radical (unpaired) electrons. The molecule has 2 saturated heterocycles. The molecule has 2 aliphatic rings. The zero-order valence-corrected chi connectivity index (χ0v) is 49.3. The molecule has 2 aliphatic heterocycles. The van der Waals surface area contributed by atoms with Crippen molar-refractivity contribution in [2.45, 2.75) is 140 Å². The Morgan fingerprint density at radius 1 is 0.525 bits per heavy atom. The number of amides is 2. The summed E-state index contributed by atoms with van der Waals surface area (Å²) in [7, 11) is 1.64. The van der Waals surface area contributed by atoms with E-state index in [1.807, 2.05) is 41.5 Å². The number of likely N-dealkylation sites (tertiary alicyclic amines) is 2. The molecule has 432 valence electrons. The van der Waals surface area contributed by atoms with E-state index in [2.05, 4.69) is 40.3 Å². The molecule has 8 rings (SSSR count). The second-order valence-corrected chi connectivity index (χ2v) is 24.9. The largest absolute Gasteiger partial charge is 0.494 e. The van der Waals surface area contributed by atoms with Crippen LogP contribution in [0.3, 0.4) is 0 Å². The van der Waals surface area contributed by atoms with Gasteiger partial charge in [-0.1, -0.05) is 12.1 Å². The van der Waals surface area contributed by atoms with Gasteiger partial charge in [0.25, 0.3) is 0 Å². The number of hydrogen-bond acceptors (Lipinski definition) is 20. The smallest absolute Gasteiger partial charge is 0.223 e. The van der Waals surface area contributed by atoms with Gasteiger partial charge in [-0.15, -0.1) is 20.4 Å². The van der Waals surface area contributed by atoms with Crippen LogP contribution in [-0.2, 0) is 50.2 Å². The Balaban J connectivity index is 0.000000231. The summed E-state index contributed by atoms with van der Waals surface area (Å²) < 4.78 is 93.7. The summed E-state index contributed by atoms with van der Waals surface area (Å²) >= 11 is 0. The van der Waals surface area contributed by atoms with Gasteiger partial charge in [0.15, 0.2) is 54.6 Å². The maximum atomic E-state index is 14.0. The molecule has 6 atom stereocenters. The summed E-state index contributed by atoms with van der Waals surface area (Å²) in [4.78, 5) is 45.4. The molecule has 1 unspecified atom stereocenters. The van der Waals surface area contributed by atoms with E-state index in [1.54, 1.807) is 108 Å². The first kappa shape index (κ1) is 60.5. The lowest BCUT2D eigenvalue weighted by atomic mass is 10.2. The lowest BCUT2D eigenvalue weighted by Gasteiger charge is -2.26. The Hall–Kier alpha value is -7.16. The fraction of sp³-hybridized carbons (Fsp3) is 0.519. The van der Waals surface area contributed by atoms with Gasteiger partial charge in [0.1, 0.15) is 58.1 Å². The van der Waals surface area contributed by atoms with E-state index in [0.717, 1.165) is 11.1 Å². The first-order valence-corrected chi connectivity index (χ1v) is 29.5. The quantitative estimate of drug-likeness (QED) is 0.0722. The normalized spacial score (nSPS) is 17.4. The third kappa shape index (κ3) is 13.0. The number of sulfone groups is 2. The van der Waals surface area contributed by atoms with Gasteiger partial charge in [-0.2, -0.15) is 0 Å². The predicted octanol–water partition coefficient (Wildman–Crippen LogP) is 6.29. The van der Waals surface area contributed by atoms with Crippen molar-refractivity contribution in [1.29, 1.82) is 0 Å². The van der Waals surface area contributed by atoms with Crippen molar-refractivity contribution in [1.82, 2.24) is 59.3 Å². The van der Waals surface area contributed by atoms with E-state index in [4.69, 9.17) is 28.4 Å². The molecule has 4 aromatic heterocycles. The Morgan fingerprint density at radius 3 is 1.10 bits per heavy atom. The Labute approximate surface area is 467 Å². The standard InChI is InChI=1S/2C27H36N6O6S/c2*1-16(2)39-25(26-28-13-17(3)14-29-26)18(4)40(35,36)15-22-30-31-27(19-11-12-23(34)32(19)5)33(22)24-20(37-6)9-8-10-21(24)38-7/h2*8-10,13-14,16,18-19,25H,11-12,15H2,1-7H3/t18-,19?,25+;18-,19-,25+/m00/s1. The summed E-state index contributed by atoms with van der Waals surface area (Å²) in [6, 6.07) is 9.71. The van der Waals surface area contributed by atoms with Gasteiger partial charge in [0, 0.05) is 51.7 Å². The second-order valence-electron chi connectivity index (χ2n) is 20.2. The minimum absolute atomic E-state index is 0.0268. The highest BCUT2D eigenvalue weighted by Crippen LogP contribution is 2.41. The van der Waals surface area contributed by atoms with Gasteiger partial charge in [-0.05, 0) is 104 Å². The zero-order chi connectivity index (χ0) is 58.4. The highest BCUT2D eigenvalue weighted by Gasteiger charge is 2.41. The van der Waals surface area contributed by atoms with Crippen molar-refractivity contribution < 1.29 is 54.8 Å². The molecule has 0 spiro atoms. The fourth-order valence-corrected chi connectivity index (χ4v) is 12.3. The summed E-state index contributed by atoms with van der Waals surface area (Å²) in [6.07, 6.45) is 5.94. The molecule has 26 heteroatoms. The van der Waals surface area contributed by atoms with Gasteiger partial charge in [-0.3, -0.25) is 18.7 Å². The summed E-state index contributed by atoms with van der Waals surface area (Å²) in [6.45, 7) is 14.2. The number of benzene rings is 2. The van der Waals surface area contributed by atoms with Crippen LogP contribution < -0.4 is 18.9 Å². The number of hydrogen-bond donors (Lipinski definition) is 0. The third-order valence-corrected chi connectivity index (χ3v) is 18.0. The number of nitrogens with zero attached hydrogens (tertiary/aromatic N) is 12. The van der Waals surface area contributed by atoms with Crippen molar-refractivity contribution in [2.24, 2.45) is 0 Å². The van der Waals surface area contributed by atoms with Crippen LogP contribution in [0.2, 0.25) is 0 Å². The molecule has 2 aromatic carbocycles. The highest BCUT2D eigenvalue weighted by molar-refractivity contribution is 7.91. The lowest BCUT2D eigenvalue weighted by molar-refractivity contribution is -0.128. The number of carbonyl (C=O) groups is 2. The predicted molar refractivity (Wildman–Crippen MR) is 294 cm³/mol. The number of methoxy groups -OCH3 is 4. The number of ether oxygens (including phenoxy) is 6. The Kier molecular flexibility index (Phi) is 19.3. The number of aryl methyl sites for hydroxylation is 2. The van der Waals surface area contributed by atoms with Gasteiger partial charge in [0.05, 0.1) is 63.2 Å². The Morgan fingerprint density at radius 2 is 0.838 bits per heavy atom. The lowest BCUT2D eigenvalue weighted by Crippen LogP contribution is -2.32. The molecule has 0 aliphatic carbocycles. The summed E-state index contributed by atoms with van der Waals surface area (Å²) in [5, 5.41) is 15.4. The topological polar surface area (TPSA) is 277 Å². The van der Waals surface area contributed by atoms with Crippen LogP contribution in [-0.4, -0.2) is 153 Å². The first-order chi connectivity index (χ1) is 38.0. The monoisotopic (exact) mass is 1140 g/mol.